The number of amides is 1. The lowest BCUT2D eigenvalue weighted by Gasteiger charge is -2.35. The van der Waals surface area contributed by atoms with Gasteiger partial charge < -0.3 is 19.3 Å². The first-order valence-corrected chi connectivity index (χ1v) is 10.4. The van der Waals surface area contributed by atoms with Gasteiger partial charge in [0.1, 0.15) is 23.6 Å². The van der Waals surface area contributed by atoms with Crippen LogP contribution in [0.5, 0.6) is 11.5 Å². The van der Waals surface area contributed by atoms with Crippen LogP contribution in [-0.4, -0.2) is 70.8 Å². The van der Waals surface area contributed by atoms with Gasteiger partial charge >= 0.3 is 0 Å². The van der Waals surface area contributed by atoms with Gasteiger partial charge in [0, 0.05) is 44.0 Å². The Balaban J connectivity index is 1.43. The number of fused-ring (bicyclic) bond motifs is 1. The lowest BCUT2D eigenvalue weighted by molar-refractivity contribution is -0.130. The Labute approximate surface area is 181 Å². The smallest absolute Gasteiger partial charge is 0.256 e. The number of methoxy groups -OCH3 is 2. The highest BCUT2D eigenvalue weighted by molar-refractivity contribution is 5.79. The Kier molecular flexibility index (Phi) is 5.92. The van der Waals surface area contributed by atoms with Crippen molar-refractivity contribution in [1.82, 2.24) is 24.5 Å². The van der Waals surface area contributed by atoms with Crippen LogP contribution < -0.4 is 14.4 Å². The monoisotopic (exact) mass is 424 g/mol. The number of anilines is 1. The summed E-state index contributed by atoms with van der Waals surface area (Å²) >= 11 is 0. The van der Waals surface area contributed by atoms with Crippen molar-refractivity contribution in [2.75, 3.05) is 45.3 Å². The maximum absolute atomic E-state index is 12.9. The molecule has 31 heavy (non-hydrogen) atoms. The highest BCUT2D eigenvalue weighted by Crippen LogP contribution is 2.24. The minimum Gasteiger partial charge on any atom is -0.497 e. The minimum absolute atomic E-state index is 0.0960. The number of hydrogen-bond acceptors (Lipinski definition) is 7. The molecule has 4 rings (SSSR count). The van der Waals surface area contributed by atoms with Crippen molar-refractivity contribution < 1.29 is 14.3 Å². The second-order valence-electron chi connectivity index (χ2n) is 7.96. The van der Waals surface area contributed by atoms with Gasteiger partial charge in [0.05, 0.1) is 20.6 Å². The predicted octanol–water partition coefficient (Wildman–Crippen LogP) is 2.16. The van der Waals surface area contributed by atoms with E-state index in [1.54, 1.807) is 26.6 Å². The first kappa shape index (κ1) is 20.9. The maximum atomic E-state index is 12.9. The fraction of sp³-hybridized carbons (Fsp3) is 0.455. The molecule has 0 N–H and O–H groups in total. The van der Waals surface area contributed by atoms with Gasteiger partial charge in [0.15, 0.2) is 0 Å². The molecule has 3 heterocycles. The second-order valence-corrected chi connectivity index (χ2v) is 7.96. The first-order valence-electron chi connectivity index (χ1n) is 10.4. The number of ether oxygens (including phenoxy) is 2. The van der Waals surface area contributed by atoms with Crippen molar-refractivity contribution in [3.63, 3.8) is 0 Å². The third kappa shape index (κ3) is 4.40. The number of aromatic nitrogens is 4. The topological polar surface area (TPSA) is 85.1 Å². The molecule has 1 amide bonds. The van der Waals surface area contributed by atoms with Gasteiger partial charge in [-0.25, -0.2) is 0 Å². The van der Waals surface area contributed by atoms with Crippen molar-refractivity contribution in [1.29, 1.82) is 0 Å². The molecule has 0 atom stereocenters. The molecule has 0 bridgehead atoms. The number of carbonyl (C=O) groups excluding carboxylic acids is 1. The van der Waals surface area contributed by atoms with E-state index >= 15 is 0 Å². The van der Waals surface area contributed by atoms with Gasteiger partial charge in [0.2, 0.25) is 5.91 Å². The van der Waals surface area contributed by atoms with Crippen LogP contribution in [0.1, 0.15) is 31.0 Å². The molecule has 1 aliphatic rings. The molecule has 1 saturated heterocycles. The summed E-state index contributed by atoms with van der Waals surface area (Å²) in [5.41, 5.74) is 2.00. The molecule has 0 aliphatic carbocycles. The second kappa shape index (κ2) is 8.79. The minimum atomic E-state index is 0.0960. The lowest BCUT2D eigenvalue weighted by atomic mass is 10.1. The SMILES string of the molecule is COc1cc(CC(=O)N2CCN(c3cc(C(C)C)n4cnnc4n3)CC2)cc(OC)c1. The third-order valence-electron chi connectivity index (χ3n) is 5.61. The van der Waals surface area contributed by atoms with E-state index in [0.717, 1.165) is 30.2 Å². The molecule has 0 radical (unpaired) electrons. The molecule has 1 fully saturated rings. The maximum Gasteiger partial charge on any atom is 0.256 e. The molecule has 0 spiro atoms. The number of carbonyl (C=O) groups is 1. The van der Waals surface area contributed by atoms with Crippen LogP contribution in [0.4, 0.5) is 5.82 Å². The summed E-state index contributed by atoms with van der Waals surface area (Å²) in [6.07, 6.45) is 2.01. The predicted molar refractivity (Wildman–Crippen MR) is 117 cm³/mol. The molecule has 2 aromatic heterocycles. The number of benzene rings is 1. The van der Waals surface area contributed by atoms with Gasteiger partial charge in [-0.3, -0.25) is 9.20 Å². The molecule has 1 aliphatic heterocycles. The third-order valence-corrected chi connectivity index (χ3v) is 5.61. The summed E-state index contributed by atoms with van der Waals surface area (Å²) in [6, 6.07) is 7.65. The van der Waals surface area contributed by atoms with E-state index in [-0.39, 0.29) is 5.91 Å². The molecular weight excluding hydrogens is 396 g/mol. The van der Waals surface area contributed by atoms with Crippen LogP contribution in [0.3, 0.4) is 0 Å². The highest BCUT2D eigenvalue weighted by Gasteiger charge is 2.23. The van der Waals surface area contributed by atoms with E-state index in [9.17, 15) is 4.79 Å². The fourth-order valence-corrected chi connectivity index (χ4v) is 3.87. The molecule has 3 aromatic rings. The van der Waals surface area contributed by atoms with E-state index in [1.165, 1.54) is 0 Å². The van der Waals surface area contributed by atoms with Crippen molar-refractivity contribution in [3.05, 3.63) is 41.9 Å². The lowest BCUT2D eigenvalue weighted by Crippen LogP contribution is -2.49. The van der Waals surface area contributed by atoms with Crippen LogP contribution in [-0.2, 0) is 11.2 Å². The van der Waals surface area contributed by atoms with E-state index < -0.39 is 0 Å². The molecule has 9 nitrogen and oxygen atoms in total. The van der Waals surface area contributed by atoms with Gasteiger partial charge in [-0.15, -0.1) is 10.2 Å². The van der Waals surface area contributed by atoms with Crippen molar-refractivity contribution in [2.24, 2.45) is 0 Å². The van der Waals surface area contributed by atoms with Crippen LogP contribution in [0, 0.1) is 0 Å². The van der Waals surface area contributed by atoms with E-state index in [4.69, 9.17) is 9.47 Å². The van der Waals surface area contributed by atoms with Gasteiger partial charge in [-0.05, 0) is 23.6 Å². The number of nitrogens with zero attached hydrogens (tertiary/aromatic N) is 6. The summed E-state index contributed by atoms with van der Waals surface area (Å²) in [5.74, 6) is 3.27. The van der Waals surface area contributed by atoms with E-state index in [1.807, 2.05) is 21.4 Å². The summed E-state index contributed by atoms with van der Waals surface area (Å²) in [6.45, 7) is 7.03. The quantitative estimate of drug-likeness (QED) is 0.599. The van der Waals surface area contributed by atoms with Crippen LogP contribution in [0.25, 0.3) is 5.78 Å². The molecule has 9 heteroatoms. The zero-order valence-electron chi connectivity index (χ0n) is 18.4. The van der Waals surface area contributed by atoms with Gasteiger partial charge in [-0.2, -0.15) is 4.98 Å². The van der Waals surface area contributed by atoms with Crippen molar-refractivity contribution >= 4 is 17.5 Å². The fourth-order valence-electron chi connectivity index (χ4n) is 3.87. The van der Waals surface area contributed by atoms with Gasteiger partial charge in [0.25, 0.3) is 5.78 Å². The zero-order chi connectivity index (χ0) is 22.0. The van der Waals surface area contributed by atoms with Crippen molar-refractivity contribution in [2.45, 2.75) is 26.2 Å². The number of hydrogen-bond donors (Lipinski definition) is 0. The normalized spacial score (nSPS) is 14.4. The van der Waals surface area contributed by atoms with E-state index in [0.29, 0.717) is 42.7 Å². The Morgan fingerprint density at radius 2 is 1.71 bits per heavy atom. The first-order chi connectivity index (χ1) is 15.0. The summed E-state index contributed by atoms with van der Waals surface area (Å²) in [7, 11) is 3.21. The summed E-state index contributed by atoms with van der Waals surface area (Å²) in [5, 5.41) is 8.12. The highest BCUT2D eigenvalue weighted by atomic mass is 16.5. The average molecular weight is 425 g/mol. The zero-order valence-corrected chi connectivity index (χ0v) is 18.4. The number of piperazine rings is 1. The molecule has 0 unspecified atom stereocenters. The summed E-state index contributed by atoms with van der Waals surface area (Å²) in [4.78, 5) is 21.7. The Bertz CT molecular complexity index is 1050. The Morgan fingerprint density at radius 1 is 1.03 bits per heavy atom. The molecule has 0 saturated carbocycles. The van der Waals surface area contributed by atoms with Crippen LogP contribution in [0.15, 0.2) is 30.6 Å². The Morgan fingerprint density at radius 3 is 2.32 bits per heavy atom. The molecular formula is C22H28N6O3. The van der Waals surface area contributed by atoms with Crippen LogP contribution >= 0.6 is 0 Å². The van der Waals surface area contributed by atoms with E-state index in [2.05, 4.69) is 40.0 Å². The average Bonchev–Trinajstić information content (AvgIpc) is 3.26. The molecule has 164 valence electrons. The largest absolute Gasteiger partial charge is 0.497 e. The van der Waals surface area contributed by atoms with Crippen molar-refractivity contribution in [3.8, 4) is 11.5 Å². The molecule has 1 aromatic carbocycles. The van der Waals surface area contributed by atoms with Crippen LogP contribution in [0.2, 0.25) is 0 Å². The Hall–Kier alpha value is -3.36. The summed E-state index contributed by atoms with van der Waals surface area (Å²) < 4.78 is 12.5. The van der Waals surface area contributed by atoms with Gasteiger partial charge in [-0.1, -0.05) is 13.8 Å². The standard InChI is InChI=1S/C22H28N6O3/c1-15(2)19-13-20(24-22-25-23-14-28(19)22)26-5-7-27(8-6-26)21(29)11-16-9-17(30-3)12-18(10-16)31-4/h9-10,12-15H,5-8,11H2,1-4H3. The number of rotatable bonds is 6.